The Balaban J connectivity index is 1.42. The van der Waals surface area contributed by atoms with Gasteiger partial charge in [0.25, 0.3) is 0 Å². The van der Waals surface area contributed by atoms with Gasteiger partial charge in [0, 0.05) is 24.7 Å². The molecule has 12 nitrogen and oxygen atoms in total. The number of hydrogen-bond donors (Lipinski definition) is 5. The van der Waals surface area contributed by atoms with Gasteiger partial charge >= 0.3 is 5.97 Å². The summed E-state index contributed by atoms with van der Waals surface area (Å²) in [6, 6.07) is 2.85. The summed E-state index contributed by atoms with van der Waals surface area (Å²) in [5, 5.41) is 33.1. The number of carboxylic acids is 1. The third kappa shape index (κ3) is 5.23. The van der Waals surface area contributed by atoms with Crippen molar-refractivity contribution in [1.82, 2.24) is 24.5 Å². The number of nitrogens with one attached hydrogen (secondary N) is 1. The minimum Gasteiger partial charge on any atom is -0.480 e. The highest BCUT2D eigenvalue weighted by Crippen LogP contribution is 2.33. The summed E-state index contributed by atoms with van der Waals surface area (Å²) in [6.45, 7) is 0.521. The Morgan fingerprint density at radius 3 is 2.79 bits per heavy atom. The molecule has 0 unspecified atom stereocenters. The molecule has 0 aromatic carbocycles. The lowest BCUT2D eigenvalue weighted by atomic mass is 10.1. The van der Waals surface area contributed by atoms with E-state index in [-0.39, 0.29) is 0 Å². The van der Waals surface area contributed by atoms with E-state index in [0.29, 0.717) is 41.5 Å². The number of thioether (sulfide) groups is 1. The summed E-state index contributed by atoms with van der Waals surface area (Å²) in [6.07, 6.45) is 2.80. The van der Waals surface area contributed by atoms with Crippen LogP contribution in [0.5, 0.6) is 0 Å². The number of anilines is 1. The van der Waals surface area contributed by atoms with Crippen molar-refractivity contribution in [3.05, 3.63) is 42.7 Å². The van der Waals surface area contributed by atoms with Gasteiger partial charge in [0.15, 0.2) is 23.2 Å². The average molecular weight is 476 g/mol. The topological polar surface area (TPSA) is 182 Å². The SMILES string of the molecule is N[C@@H](CCSC[C@H]1O[C@@H](n2cnc3c(NCc4ccncc4)ncnc32)[C@H](O)[C@@H]1O)C(=O)O. The molecule has 1 saturated heterocycles. The smallest absolute Gasteiger partial charge is 0.320 e. The first-order valence-corrected chi connectivity index (χ1v) is 11.5. The molecular weight excluding hydrogens is 450 g/mol. The number of fused-ring (bicyclic) bond motifs is 1. The van der Waals surface area contributed by atoms with Crippen LogP contribution in [0.4, 0.5) is 5.82 Å². The molecule has 0 spiro atoms. The zero-order valence-electron chi connectivity index (χ0n) is 17.6. The van der Waals surface area contributed by atoms with Crippen molar-refractivity contribution in [2.75, 3.05) is 16.8 Å². The van der Waals surface area contributed by atoms with Crippen LogP contribution in [0.1, 0.15) is 18.2 Å². The molecule has 1 aliphatic heterocycles. The number of ether oxygens (including phenoxy) is 1. The monoisotopic (exact) mass is 475 g/mol. The lowest BCUT2D eigenvalue weighted by molar-refractivity contribution is -0.138. The summed E-state index contributed by atoms with van der Waals surface area (Å²) in [5.41, 5.74) is 7.50. The van der Waals surface area contributed by atoms with E-state index in [1.165, 1.54) is 24.4 Å². The molecule has 0 amide bonds. The first-order chi connectivity index (χ1) is 16.0. The number of aromatic nitrogens is 5. The van der Waals surface area contributed by atoms with E-state index in [1.54, 1.807) is 17.0 Å². The zero-order valence-corrected chi connectivity index (χ0v) is 18.4. The Kier molecular flexibility index (Phi) is 7.35. The molecule has 1 aliphatic rings. The van der Waals surface area contributed by atoms with Gasteiger partial charge in [-0.25, -0.2) is 15.0 Å². The van der Waals surface area contributed by atoms with Crippen molar-refractivity contribution in [2.45, 2.75) is 43.5 Å². The van der Waals surface area contributed by atoms with Gasteiger partial charge in [-0.3, -0.25) is 14.3 Å². The van der Waals surface area contributed by atoms with E-state index < -0.39 is 36.6 Å². The Morgan fingerprint density at radius 1 is 1.24 bits per heavy atom. The van der Waals surface area contributed by atoms with E-state index in [4.69, 9.17) is 15.6 Å². The van der Waals surface area contributed by atoms with Crippen LogP contribution in [0.2, 0.25) is 0 Å². The normalized spacial score (nSPS) is 23.6. The molecule has 5 atom stereocenters. The molecule has 4 rings (SSSR count). The average Bonchev–Trinajstić information content (AvgIpc) is 3.37. The molecule has 0 bridgehead atoms. The fourth-order valence-corrected chi connectivity index (χ4v) is 4.58. The molecule has 176 valence electrons. The molecule has 3 aromatic heterocycles. The van der Waals surface area contributed by atoms with Crippen LogP contribution in [-0.2, 0) is 16.1 Å². The summed E-state index contributed by atoms with van der Waals surface area (Å²) in [4.78, 5) is 27.7. The third-order valence-electron chi connectivity index (χ3n) is 5.35. The fourth-order valence-electron chi connectivity index (χ4n) is 3.48. The molecule has 33 heavy (non-hydrogen) atoms. The van der Waals surface area contributed by atoms with Gasteiger partial charge in [0.05, 0.1) is 12.4 Å². The highest BCUT2D eigenvalue weighted by atomic mass is 32.2. The van der Waals surface area contributed by atoms with E-state index in [0.717, 1.165) is 5.56 Å². The van der Waals surface area contributed by atoms with Gasteiger partial charge in [-0.2, -0.15) is 11.8 Å². The molecule has 0 aliphatic carbocycles. The Labute approximate surface area is 193 Å². The highest BCUT2D eigenvalue weighted by Gasteiger charge is 2.44. The van der Waals surface area contributed by atoms with Crippen LogP contribution in [0.3, 0.4) is 0 Å². The van der Waals surface area contributed by atoms with Crippen molar-refractivity contribution in [3.63, 3.8) is 0 Å². The van der Waals surface area contributed by atoms with Gasteiger partial charge in [-0.15, -0.1) is 0 Å². The first-order valence-electron chi connectivity index (χ1n) is 10.3. The third-order valence-corrected chi connectivity index (χ3v) is 6.44. The molecule has 1 fully saturated rings. The molecule has 4 heterocycles. The number of pyridine rings is 1. The maximum absolute atomic E-state index is 10.8. The molecule has 13 heteroatoms. The van der Waals surface area contributed by atoms with Crippen molar-refractivity contribution in [1.29, 1.82) is 0 Å². The number of nitrogens with zero attached hydrogens (tertiary/aromatic N) is 5. The zero-order chi connectivity index (χ0) is 23.4. The van der Waals surface area contributed by atoms with E-state index in [9.17, 15) is 15.0 Å². The van der Waals surface area contributed by atoms with Gasteiger partial charge in [-0.05, 0) is 29.9 Å². The number of aliphatic hydroxyl groups is 2. The summed E-state index contributed by atoms with van der Waals surface area (Å²) < 4.78 is 7.51. The summed E-state index contributed by atoms with van der Waals surface area (Å²) in [7, 11) is 0. The predicted octanol–water partition coefficient (Wildman–Crippen LogP) is -0.0122. The predicted molar refractivity (Wildman–Crippen MR) is 120 cm³/mol. The molecular formula is C20H25N7O5S. The minimum atomic E-state index is -1.18. The number of nitrogens with two attached hydrogens (primary N) is 1. The van der Waals surface area contributed by atoms with Crippen molar-refractivity contribution in [3.8, 4) is 0 Å². The number of carboxylic acid groups (broad SMARTS) is 1. The van der Waals surface area contributed by atoms with Gasteiger partial charge in [0.2, 0.25) is 0 Å². The molecule has 0 radical (unpaired) electrons. The number of aliphatic carboxylic acids is 1. The number of hydrogen-bond acceptors (Lipinski definition) is 11. The number of carbonyl (C=O) groups is 1. The molecule has 6 N–H and O–H groups in total. The van der Waals surface area contributed by atoms with Crippen molar-refractivity contribution >= 4 is 34.7 Å². The van der Waals surface area contributed by atoms with Gasteiger partial charge in [-0.1, -0.05) is 0 Å². The van der Waals surface area contributed by atoms with Crippen LogP contribution in [-0.4, -0.2) is 81.7 Å². The van der Waals surface area contributed by atoms with Crippen LogP contribution >= 0.6 is 11.8 Å². The Morgan fingerprint density at radius 2 is 2.03 bits per heavy atom. The second-order valence-corrected chi connectivity index (χ2v) is 8.76. The maximum Gasteiger partial charge on any atom is 0.320 e. The van der Waals surface area contributed by atoms with E-state index in [2.05, 4.69) is 25.3 Å². The lowest BCUT2D eigenvalue weighted by Crippen LogP contribution is -2.33. The molecule has 0 saturated carbocycles. The number of imidazole rings is 1. The second-order valence-electron chi connectivity index (χ2n) is 7.61. The second kappa shape index (κ2) is 10.4. The van der Waals surface area contributed by atoms with Crippen LogP contribution < -0.4 is 11.1 Å². The quantitative estimate of drug-likeness (QED) is 0.248. The van der Waals surface area contributed by atoms with E-state index in [1.807, 2.05) is 12.1 Å². The standard InChI is InChI=1S/C20H25N7O5S/c21-12(20(30)31)3-6-33-8-13-15(28)16(29)19(32-13)27-10-26-14-17(24-9-25-18(14)27)23-7-11-1-4-22-5-2-11/h1-2,4-5,9-10,12-13,15-16,19,28-29H,3,6-8,21H2,(H,30,31)(H,23,24,25)/t12-,13+,15+,16+,19+/m0/s1. The van der Waals surface area contributed by atoms with Crippen molar-refractivity contribution in [2.24, 2.45) is 5.73 Å². The maximum atomic E-state index is 10.8. The fraction of sp³-hybridized carbons (Fsp3) is 0.450. The van der Waals surface area contributed by atoms with Crippen molar-refractivity contribution < 1.29 is 24.9 Å². The van der Waals surface area contributed by atoms with Gasteiger partial charge < -0.3 is 31.1 Å². The Hall–Kier alpha value is -2.84. The van der Waals surface area contributed by atoms with Crippen LogP contribution in [0.15, 0.2) is 37.2 Å². The number of rotatable bonds is 10. The molecule has 3 aromatic rings. The van der Waals surface area contributed by atoms with Crippen LogP contribution in [0.25, 0.3) is 11.2 Å². The Bertz CT molecular complexity index is 1090. The lowest BCUT2D eigenvalue weighted by Gasteiger charge is -2.16. The number of aliphatic hydroxyl groups excluding tert-OH is 2. The minimum absolute atomic E-state index is 0.299. The largest absolute Gasteiger partial charge is 0.480 e. The highest BCUT2D eigenvalue weighted by molar-refractivity contribution is 7.99. The summed E-state index contributed by atoms with van der Waals surface area (Å²) in [5.74, 6) is 0.355. The summed E-state index contributed by atoms with van der Waals surface area (Å²) >= 11 is 1.41. The van der Waals surface area contributed by atoms with E-state index >= 15 is 0 Å². The first kappa shape index (κ1) is 23.3. The van der Waals surface area contributed by atoms with Gasteiger partial charge in [0.1, 0.15) is 24.6 Å². The van der Waals surface area contributed by atoms with Crippen LogP contribution in [0, 0.1) is 0 Å².